The Morgan fingerprint density at radius 2 is 1.96 bits per heavy atom. The molecule has 0 N–H and O–H groups in total. The van der Waals surface area contributed by atoms with Gasteiger partial charge in [0.1, 0.15) is 0 Å². The fourth-order valence-corrected chi connectivity index (χ4v) is 5.41. The van der Waals surface area contributed by atoms with Gasteiger partial charge >= 0.3 is 0 Å². The lowest BCUT2D eigenvalue weighted by molar-refractivity contribution is 0.176. The number of imidazole rings is 1. The van der Waals surface area contributed by atoms with Crippen LogP contribution in [0.15, 0.2) is 28.3 Å². The molecule has 2 heterocycles. The van der Waals surface area contributed by atoms with Gasteiger partial charge in [-0.05, 0) is 38.0 Å². The first-order valence-electron chi connectivity index (χ1n) is 8.35. The van der Waals surface area contributed by atoms with Gasteiger partial charge in [-0.1, -0.05) is 18.2 Å². The number of halogens is 2. The normalized spacial score (nSPS) is 16.8. The SMILES string of the molecule is CCn1c(SCC(F)F)nc2cc(S(=O)(=O)N3CCCCC3)ccc21. The summed E-state index contributed by atoms with van der Waals surface area (Å²) in [5.41, 5.74) is 1.29. The summed E-state index contributed by atoms with van der Waals surface area (Å²) in [7, 11) is -3.53. The van der Waals surface area contributed by atoms with Gasteiger partial charge in [0.05, 0.1) is 21.7 Å². The molecule has 2 aromatic rings. The number of sulfonamides is 1. The van der Waals surface area contributed by atoms with Crippen LogP contribution >= 0.6 is 11.8 Å². The molecule has 0 spiro atoms. The highest BCUT2D eigenvalue weighted by atomic mass is 32.2. The lowest BCUT2D eigenvalue weighted by atomic mass is 10.2. The topological polar surface area (TPSA) is 55.2 Å². The van der Waals surface area contributed by atoms with Crippen molar-refractivity contribution in [2.45, 2.75) is 49.2 Å². The zero-order chi connectivity index (χ0) is 18.0. The van der Waals surface area contributed by atoms with Gasteiger partial charge in [0.15, 0.2) is 5.16 Å². The fraction of sp³-hybridized carbons (Fsp3) is 0.562. The highest BCUT2D eigenvalue weighted by Gasteiger charge is 2.26. The van der Waals surface area contributed by atoms with Crippen LogP contribution in [0.1, 0.15) is 26.2 Å². The molecular formula is C16H21F2N3O2S2. The zero-order valence-corrected chi connectivity index (χ0v) is 15.6. The first-order valence-corrected chi connectivity index (χ1v) is 10.8. The number of hydrogen-bond acceptors (Lipinski definition) is 4. The van der Waals surface area contributed by atoms with Gasteiger partial charge in [-0.15, -0.1) is 0 Å². The number of nitrogens with zero attached hydrogens (tertiary/aromatic N) is 3. The minimum absolute atomic E-state index is 0.216. The number of thioether (sulfide) groups is 1. The third-order valence-electron chi connectivity index (χ3n) is 4.29. The Labute approximate surface area is 150 Å². The molecule has 0 aliphatic carbocycles. The molecule has 0 bridgehead atoms. The first kappa shape index (κ1) is 18.6. The highest BCUT2D eigenvalue weighted by Crippen LogP contribution is 2.28. The molecule has 1 fully saturated rings. The van der Waals surface area contributed by atoms with Crippen LogP contribution in [0, 0.1) is 0 Å². The van der Waals surface area contributed by atoms with Crippen molar-refractivity contribution in [3.63, 3.8) is 0 Å². The second-order valence-corrected chi connectivity index (χ2v) is 8.88. The van der Waals surface area contributed by atoms with Crippen LogP contribution < -0.4 is 0 Å². The lowest BCUT2D eigenvalue weighted by Crippen LogP contribution is -2.35. The van der Waals surface area contributed by atoms with Crippen molar-refractivity contribution in [2.75, 3.05) is 18.8 Å². The van der Waals surface area contributed by atoms with Crippen molar-refractivity contribution < 1.29 is 17.2 Å². The average molecular weight is 389 g/mol. The number of rotatable bonds is 6. The third kappa shape index (κ3) is 3.83. The largest absolute Gasteiger partial charge is 0.319 e. The average Bonchev–Trinajstić information content (AvgIpc) is 2.97. The molecule has 1 aromatic heterocycles. The van der Waals surface area contributed by atoms with Crippen molar-refractivity contribution in [2.24, 2.45) is 0 Å². The maximum Gasteiger partial charge on any atom is 0.248 e. The van der Waals surface area contributed by atoms with Gasteiger partial charge in [-0.3, -0.25) is 0 Å². The molecule has 0 atom stereocenters. The van der Waals surface area contributed by atoms with Crippen LogP contribution in [0.2, 0.25) is 0 Å². The number of aryl methyl sites for hydroxylation is 1. The van der Waals surface area contributed by atoms with E-state index in [1.165, 1.54) is 4.31 Å². The summed E-state index contributed by atoms with van der Waals surface area (Å²) in [5.74, 6) is -0.331. The molecular weight excluding hydrogens is 368 g/mol. The van der Waals surface area contributed by atoms with Crippen molar-refractivity contribution in [1.29, 1.82) is 0 Å². The zero-order valence-electron chi connectivity index (χ0n) is 14.0. The standard InChI is InChI=1S/C16H21F2N3O2S2/c1-2-21-14-7-6-12(25(22,23)20-8-4-3-5-9-20)10-13(14)19-16(21)24-11-15(17)18/h6-7,10,15H,2-5,8-9,11H2,1H3. The van der Waals surface area contributed by atoms with E-state index in [0.717, 1.165) is 36.5 Å². The van der Waals surface area contributed by atoms with Gasteiger partial charge in [0.2, 0.25) is 16.4 Å². The molecule has 138 valence electrons. The van der Waals surface area contributed by atoms with Crippen LogP contribution in [-0.2, 0) is 16.6 Å². The van der Waals surface area contributed by atoms with Crippen molar-refractivity contribution in [3.05, 3.63) is 18.2 Å². The second-order valence-electron chi connectivity index (χ2n) is 5.96. The van der Waals surface area contributed by atoms with Gasteiger partial charge in [-0.25, -0.2) is 22.2 Å². The summed E-state index contributed by atoms with van der Waals surface area (Å²) in [4.78, 5) is 4.60. The molecule has 0 radical (unpaired) electrons. The minimum Gasteiger partial charge on any atom is -0.319 e. The van der Waals surface area contributed by atoms with E-state index in [1.54, 1.807) is 18.2 Å². The van der Waals surface area contributed by atoms with Crippen molar-refractivity contribution in [1.82, 2.24) is 13.9 Å². The van der Waals surface area contributed by atoms with Crippen LogP contribution in [0.25, 0.3) is 11.0 Å². The van der Waals surface area contributed by atoms with E-state index in [0.29, 0.717) is 30.3 Å². The first-order chi connectivity index (χ1) is 11.9. The summed E-state index contributed by atoms with van der Waals surface area (Å²) < 4.78 is 53.9. The molecule has 3 rings (SSSR count). The van der Waals surface area contributed by atoms with E-state index in [4.69, 9.17) is 0 Å². The van der Waals surface area contributed by atoms with E-state index >= 15 is 0 Å². The van der Waals surface area contributed by atoms with Crippen LogP contribution in [-0.4, -0.2) is 47.5 Å². The molecule has 5 nitrogen and oxygen atoms in total. The summed E-state index contributed by atoms with van der Waals surface area (Å²) in [6.45, 7) is 3.57. The molecule has 1 saturated heterocycles. The smallest absolute Gasteiger partial charge is 0.248 e. The number of fused-ring (bicyclic) bond motifs is 1. The predicted molar refractivity (Wildman–Crippen MR) is 94.7 cm³/mol. The number of hydrogen-bond donors (Lipinski definition) is 0. The van der Waals surface area contributed by atoms with E-state index in [-0.39, 0.29) is 10.6 Å². The Bertz CT molecular complexity index is 846. The molecule has 9 heteroatoms. The van der Waals surface area contributed by atoms with Crippen LogP contribution in [0.5, 0.6) is 0 Å². The van der Waals surface area contributed by atoms with Crippen molar-refractivity contribution >= 4 is 32.8 Å². The fourth-order valence-electron chi connectivity index (χ4n) is 3.06. The Morgan fingerprint density at radius 3 is 2.60 bits per heavy atom. The van der Waals surface area contributed by atoms with E-state index in [2.05, 4.69) is 4.98 Å². The van der Waals surface area contributed by atoms with E-state index < -0.39 is 16.4 Å². The Morgan fingerprint density at radius 1 is 1.24 bits per heavy atom. The molecule has 0 unspecified atom stereocenters. The molecule has 1 aliphatic heterocycles. The number of piperidine rings is 1. The number of alkyl halides is 2. The number of aromatic nitrogens is 2. The van der Waals surface area contributed by atoms with Gasteiger partial charge < -0.3 is 4.57 Å². The highest BCUT2D eigenvalue weighted by molar-refractivity contribution is 7.99. The third-order valence-corrected chi connectivity index (χ3v) is 7.18. The predicted octanol–water partition coefficient (Wildman–Crippen LogP) is 3.59. The van der Waals surface area contributed by atoms with E-state index in [9.17, 15) is 17.2 Å². The second kappa shape index (κ2) is 7.59. The van der Waals surface area contributed by atoms with Gasteiger partial charge in [-0.2, -0.15) is 4.31 Å². The summed E-state index contributed by atoms with van der Waals surface area (Å²) >= 11 is 0.989. The summed E-state index contributed by atoms with van der Waals surface area (Å²) in [6.07, 6.45) is 0.391. The van der Waals surface area contributed by atoms with Crippen molar-refractivity contribution in [3.8, 4) is 0 Å². The van der Waals surface area contributed by atoms with Gasteiger partial charge in [0.25, 0.3) is 0 Å². The molecule has 1 aliphatic rings. The maximum absolute atomic E-state index is 12.8. The quantitative estimate of drug-likeness (QED) is 0.709. The maximum atomic E-state index is 12.8. The summed E-state index contributed by atoms with van der Waals surface area (Å²) in [6, 6.07) is 4.86. The minimum atomic E-state index is -3.53. The molecule has 1 aromatic carbocycles. The van der Waals surface area contributed by atoms with Gasteiger partial charge in [0, 0.05) is 19.6 Å². The Kier molecular flexibility index (Phi) is 5.65. The summed E-state index contributed by atoms with van der Waals surface area (Å²) in [5, 5.41) is 0.491. The monoisotopic (exact) mass is 389 g/mol. The van der Waals surface area contributed by atoms with E-state index in [1.807, 2.05) is 11.5 Å². The van der Waals surface area contributed by atoms with Crippen LogP contribution in [0.3, 0.4) is 0 Å². The number of benzene rings is 1. The van der Waals surface area contributed by atoms with Crippen LogP contribution in [0.4, 0.5) is 8.78 Å². The molecule has 25 heavy (non-hydrogen) atoms. The molecule has 0 amide bonds. The Hall–Kier alpha value is -1.19. The molecule has 0 saturated carbocycles. The lowest BCUT2D eigenvalue weighted by Gasteiger charge is -2.25. The Balaban J connectivity index is 1.96.